The zero-order valence-electron chi connectivity index (χ0n) is 18.6. The smallest absolute Gasteiger partial charge is 0.408 e. The summed E-state index contributed by atoms with van der Waals surface area (Å²) in [6, 6.07) is 13.4. The molecule has 1 N–H and O–H groups in total. The number of benzene rings is 2. The van der Waals surface area contributed by atoms with E-state index in [9.17, 15) is 14.4 Å². The largest absolute Gasteiger partial charge is 0.444 e. The topological polar surface area (TPSA) is 90.9 Å². The fourth-order valence-corrected chi connectivity index (χ4v) is 2.90. The summed E-state index contributed by atoms with van der Waals surface area (Å²) in [5, 5.41) is 2.70. The van der Waals surface area contributed by atoms with Crippen LogP contribution in [0.5, 0.6) is 5.75 Å². The molecule has 0 aromatic heterocycles. The van der Waals surface area contributed by atoms with Gasteiger partial charge in [-0.15, -0.1) is 0 Å². The Bertz CT molecular complexity index is 917. The second-order valence-corrected chi connectivity index (χ2v) is 8.09. The van der Waals surface area contributed by atoms with Crippen LogP contribution in [0.3, 0.4) is 0 Å². The average molecular weight is 427 g/mol. The van der Waals surface area contributed by atoms with Gasteiger partial charge in [0.2, 0.25) is 0 Å². The molecule has 1 atom stereocenters. The van der Waals surface area contributed by atoms with Gasteiger partial charge in [0.15, 0.2) is 11.5 Å². The highest BCUT2D eigenvalue weighted by atomic mass is 17.2. The zero-order valence-corrected chi connectivity index (χ0v) is 18.6. The summed E-state index contributed by atoms with van der Waals surface area (Å²) in [6.45, 7) is 8.41. The minimum absolute atomic E-state index is 0.261. The highest BCUT2D eigenvalue weighted by Crippen LogP contribution is 2.23. The number of alkyl carbamates (subject to hydrolysis) is 1. The number of nitrogens with one attached hydrogen (secondary N) is 1. The second-order valence-electron chi connectivity index (χ2n) is 8.09. The van der Waals surface area contributed by atoms with E-state index >= 15 is 0 Å². The molecule has 0 radical (unpaired) electrons. The number of ketones is 1. The molecule has 0 bridgehead atoms. The molecule has 0 aliphatic carbocycles. The Labute approximate surface area is 182 Å². The number of hydrogen-bond acceptors (Lipinski definition) is 6. The van der Waals surface area contributed by atoms with E-state index in [2.05, 4.69) is 10.2 Å². The first kappa shape index (κ1) is 23.9. The Morgan fingerprint density at radius 3 is 2.29 bits per heavy atom. The van der Waals surface area contributed by atoms with Gasteiger partial charge in [-0.05, 0) is 56.5 Å². The summed E-state index contributed by atoms with van der Waals surface area (Å²) in [5.41, 5.74) is 1.32. The highest BCUT2D eigenvalue weighted by molar-refractivity contribution is 6.02. The molecule has 7 heteroatoms. The average Bonchev–Trinajstić information content (AvgIpc) is 2.70. The maximum Gasteiger partial charge on any atom is 0.408 e. The van der Waals surface area contributed by atoms with Crippen molar-refractivity contribution in [3.05, 3.63) is 65.2 Å². The third kappa shape index (κ3) is 7.77. The van der Waals surface area contributed by atoms with Crippen molar-refractivity contribution in [3.8, 4) is 5.75 Å². The molecule has 2 aromatic rings. The molecule has 1 amide bonds. The number of rotatable bonds is 8. The van der Waals surface area contributed by atoms with Crippen LogP contribution in [-0.4, -0.2) is 29.5 Å². The van der Waals surface area contributed by atoms with Gasteiger partial charge in [-0.25, -0.2) is 9.59 Å². The van der Waals surface area contributed by atoms with E-state index < -0.39 is 23.7 Å². The maximum absolute atomic E-state index is 13.3. The van der Waals surface area contributed by atoms with Gasteiger partial charge in [-0.3, -0.25) is 14.6 Å². The standard InChI is InChI=1S/C24H29NO6/c1-6-18-15-19(12-13-21(18)31-30-16(2)26)22(27)20(14-17-10-8-7-9-11-17)25-23(28)29-24(3,4)5/h7-13,15,20H,6,14H2,1-5H3,(H,25,28). The number of aryl methyl sites for hydroxylation is 1. The molecule has 31 heavy (non-hydrogen) atoms. The molecule has 0 aliphatic heterocycles. The molecule has 0 saturated heterocycles. The van der Waals surface area contributed by atoms with Gasteiger partial charge in [0.05, 0.1) is 6.04 Å². The fourth-order valence-electron chi connectivity index (χ4n) is 2.90. The number of amides is 1. The lowest BCUT2D eigenvalue weighted by Gasteiger charge is -2.23. The predicted molar refractivity (Wildman–Crippen MR) is 116 cm³/mol. The normalized spacial score (nSPS) is 11.9. The third-order valence-corrected chi connectivity index (χ3v) is 4.26. The summed E-state index contributed by atoms with van der Waals surface area (Å²) in [6.07, 6.45) is 0.208. The molecule has 2 rings (SSSR count). The number of hydrogen-bond donors (Lipinski definition) is 1. The van der Waals surface area contributed by atoms with Crippen molar-refractivity contribution in [2.24, 2.45) is 0 Å². The van der Waals surface area contributed by atoms with E-state index in [1.54, 1.807) is 39.0 Å². The van der Waals surface area contributed by atoms with E-state index in [0.717, 1.165) is 5.56 Å². The van der Waals surface area contributed by atoms with Gasteiger partial charge in [-0.2, -0.15) is 0 Å². The van der Waals surface area contributed by atoms with E-state index in [1.165, 1.54) is 6.92 Å². The predicted octanol–water partition coefficient (Wildman–Crippen LogP) is 4.42. The lowest BCUT2D eigenvalue weighted by atomic mass is 9.96. The molecule has 0 heterocycles. The Morgan fingerprint density at radius 1 is 1.03 bits per heavy atom. The van der Waals surface area contributed by atoms with E-state index in [4.69, 9.17) is 9.62 Å². The van der Waals surface area contributed by atoms with Crippen LogP contribution >= 0.6 is 0 Å². The molecule has 7 nitrogen and oxygen atoms in total. The first-order chi connectivity index (χ1) is 14.6. The number of carbonyl (C=O) groups is 3. The van der Waals surface area contributed by atoms with Crippen molar-refractivity contribution in [1.29, 1.82) is 0 Å². The molecule has 166 valence electrons. The SMILES string of the molecule is CCc1cc(C(=O)C(Cc2ccccc2)NC(=O)OC(C)(C)C)ccc1OOC(C)=O. The van der Waals surface area contributed by atoms with Crippen molar-refractivity contribution in [1.82, 2.24) is 5.32 Å². The lowest BCUT2D eigenvalue weighted by Crippen LogP contribution is -2.44. The van der Waals surface area contributed by atoms with Gasteiger partial charge >= 0.3 is 12.1 Å². The maximum atomic E-state index is 13.3. The monoisotopic (exact) mass is 427 g/mol. The summed E-state index contributed by atoms with van der Waals surface area (Å²) in [7, 11) is 0. The van der Waals surface area contributed by atoms with Crippen LogP contribution < -0.4 is 10.2 Å². The minimum Gasteiger partial charge on any atom is -0.444 e. The first-order valence-electron chi connectivity index (χ1n) is 10.1. The Balaban J connectivity index is 2.28. The van der Waals surface area contributed by atoms with Crippen LogP contribution in [0.4, 0.5) is 4.79 Å². The summed E-state index contributed by atoms with van der Waals surface area (Å²) in [5.74, 6) is -0.482. The van der Waals surface area contributed by atoms with Crippen LogP contribution in [0.1, 0.15) is 56.1 Å². The summed E-state index contributed by atoms with van der Waals surface area (Å²) < 4.78 is 5.34. The molecule has 0 fully saturated rings. The Morgan fingerprint density at radius 2 is 1.71 bits per heavy atom. The van der Waals surface area contributed by atoms with E-state index in [0.29, 0.717) is 29.7 Å². The van der Waals surface area contributed by atoms with E-state index in [-0.39, 0.29) is 5.78 Å². The van der Waals surface area contributed by atoms with Crippen LogP contribution in [0.2, 0.25) is 0 Å². The van der Waals surface area contributed by atoms with Crippen molar-refractivity contribution in [2.75, 3.05) is 0 Å². The molecular weight excluding hydrogens is 398 g/mol. The van der Waals surface area contributed by atoms with Crippen LogP contribution in [-0.2, 0) is 27.3 Å². The zero-order chi connectivity index (χ0) is 23.0. The highest BCUT2D eigenvalue weighted by Gasteiger charge is 2.26. The molecule has 0 spiro atoms. The first-order valence-corrected chi connectivity index (χ1v) is 10.1. The minimum atomic E-state index is -0.817. The van der Waals surface area contributed by atoms with Crippen molar-refractivity contribution < 1.29 is 28.9 Å². The van der Waals surface area contributed by atoms with Gasteiger partial charge in [-0.1, -0.05) is 37.3 Å². The van der Waals surface area contributed by atoms with E-state index in [1.807, 2.05) is 37.3 Å². The van der Waals surface area contributed by atoms with Crippen LogP contribution in [0.15, 0.2) is 48.5 Å². The van der Waals surface area contributed by atoms with Crippen molar-refractivity contribution >= 4 is 17.8 Å². The van der Waals surface area contributed by atoms with Crippen LogP contribution in [0.25, 0.3) is 0 Å². The Kier molecular flexibility index (Phi) is 8.19. The van der Waals surface area contributed by atoms with Gasteiger partial charge < -0.3 is 10.1 Å². The van der Waals surface area contributed by atoms with Gasteiger partial charge in [0, 0.05) is 18.9 Å². The summed E-state index contributed by atoms with van der Waals surface area (Å²) >= 11 is 0. The third-order valence-electron chi connectivity index (χ3n) is 4.26. The van der Waals surface area contributed by atoms with Gasteiger partial charge in [0.25, 0.3) is 0 Å². The van der Waals surface area contributed by atoms with Crippen molar-refractivity contribution in [2.45, 2.75) is 59.1 Å². The summed E-state index contributed by atoms with van der Waals surface area (Å²) in [4.78, 5) is 46.3. The number of carbonyl (C=O) groups excluding carboxylic acids is 3. The molecule has 0 saturated carbocycles. The second kappa shape index (κ2) is 10.6. The Hall–Kier alpha value is -3.35. The lowest BCUT2D eigenvalue weighted by molar-refractivity contribution is -0.211. The van der Waals surface area contributed by atoms with Crippen LogP contribution in [0, 0.1) is 0 Å². The molecule has 1 unspecified atom stereocenters. The number of Topliss-reactive ketones (excluding diaryl/α,β-unsaturated/α-hetero) is 1. The molecule has 0 aliphatic rings. The van der Waals surface area contributed by atoms with Crippen molar-refractivity contribution in [3.63, 3.8) is 0 Å². The molecular formula is C24H29NO6. The number of ether oxygens (including phenoxy) is 1. The molecule has 2 aromatic carbocycles. The quantitative estimate of drug-likeness (QED) is 0.381. The van der Waals surface area contributed by atoms with Gasteiger partial charge in [0.1, 0.15) is 5.60 Å². The fraction of sp³-hybridized carbons (Fsp3) is 0.375.